The van der Waals surface area contributed by atoms with Gasteiger partial charge >= 0.3 is 0 Å². The van der Waals surface area contributed by atoms with Gasteiger partial charge in [0.05, 0.1) is 0 Å². The molecule has 1 aromatic heterocycles. The van der Waals surface area contributed by atoms with Gasteiger partial charge in [-0.05, 0) is 42.0 Å². The van der Waals surface area contributed by atoms with Gasteiger partial charge in [0.2, 0.25) is 0 Å². The molecule has 0 unspecified atom stereocenters. The number of hydrogen-bond donors (Lipinski definition) is 1. The van der Waals surface area contributed by atoms with E-state index in [-0.39, 0.29) is 0 Å². The summed E-state index contributed by atoms with van der Waals surface area (Å²) in [7, 11) is 0. The van der Waals surface area contributed by atoms with Gasteiger partial charge in [-0.25, -0.2) is 0 Å². The molecule has 1 aromatic carbocycles. The van der Waals surface area contributed by atoms with Gasteiger partial charge < -0.3 is 10.5 Å². The molecule has 2 rings (SSSR count). The highest BCUT2D eigenvalue weighted by atomic mass is 32.1. The van der Waals surface area contributed by atoms with Crippen LogP contribution >= 0.6 is 11.3 Å². The molecule has 0 amide bonds. The number of benzene rings is 1. The fourth-order valence-corrected chi connectivity index (χ4v) is 2.40. The molecule has 2 nitrogen and oxygen atoms in total. The van der Waals surface area contributed by atoms with Crippen LogP contribution in [0.2, 0.25) is 0 Å². The van der Waals surface area contributed by atoms with Crippen LogP contribution in [0, 0.1) is 0 Å². The van der Waals surface area contributed by atoms with Gasteiger partial charge in [0.25, 0.3) is 0 Å². The van der Waals surface area contributed by atoms with E-state index in [4.69, 9.17) is 10.5 Å². The monoisotopic (exact) mass is 247 g/mol. The number of hydrogen-bond acceptors (Lipinski definition) is 3. The van der Waals surface area contributed by atoms with Crippen molar-refractivity contribution in [1.82, 2.24) is 0 Å². The van der Waals surface area contributed by atoms with Crippen molar-refractivity contribution in [3.05, 3.63) is 52.2 Å². The van der Waals surface area contributed by atoms with Crippen LogP contribution in [-0.4, -0.2) is 13.2 Å². The number of nitrogens with two attached hydrogens (primary N) is 1. The first kappa shape index (κ1) is 12.1. The highest BCUT2D eigenvalue weighted by Gasteiger charge is 1.99. The predicted octanol–water partition coefficient (Wildman–Crippen LogP) is 2.87. The van der Waals surface area contributed by atoms with Crippen molar-refractivity contribution in [3.8, 4) is 5.75 Å². The minimum Gasteiger partial charge on any atom is -0.492 e. The lowest BCUT2D eigenvalue weighted by atomic mass is 10.1. The molecule has 90 valence electrons. The Bertz CT molecular complexity index is 439. The minimum absolute atomic E-state index is 0.555. The Morgan fingerprint density at radius 1 is 1.12 bits per heavy atom. The van der Waals surface area contributed by atoms with Crippen LogP contribution in [0.1, 0.15) is 10.4 Å². The molecule has 0 radical (unpaired) electrons. The molecule has 0 fully saturated rings. The third-order valence-electron chi connectivity index (χ3n) is 2.53. The molecule has 0 aliphatic rings. The van der Waals surface area contributed by atoms with Gasteiger partial charge in [-0.2, -0.15) is 0 Å². The molecule has 0 spiro atoms. The topological polar surface area (TPSA) is 35.2 Å². The van der Waals surface area contributed by atoms with Crippen LogP contribution in [0.5, 0.6) is 5.75 Å². The lowest BCUT2D eigenvalue weighted by molar-refractivity contribution is 0.328. The van der Waals surface area contributed by atoms with Crippen molar-refractivity contribution in [1.29, 1.82) is 0 Å². The number of rotatable bonds is 6. The standard InChI is InChI=1S/C14H17NOS/c15-8-9-16-13-4-1-3-12(11-13)6-7-14-5-2-10-17-14/h1-5,10-11H,6-9,15H2. The fourth-order valence-electron chi connectivity index (χ4n) is 1.69. The smallest absolute Gasteiger partial charge is 0.119 e. The van der Waals surface area contributed by atoms with Gasteiger partial charge in [0.15, 0.2) is 0 Å². The summed E-state index contributed by atoms with van der Waals surface area (Å²) in [5.41, 5.74) is 6.73. The fraction of sp³-hybridized carbons (Fsp3) is 0.286. The van der Waals surface area contributed by atoms with Crippen molar-refractivity contribution >= 4 is 11.3 Å². The van der Waals surface area contributed by atoms with Crippen molar-refractivity contribution < 1.29 is 4.74 Å². The highest BCUT2D eigenvalue weighted by molar-refractivity contribution is 7.09. The normalized spacial score (nSPS) is 10.4. The van der Waals surface area contributed by atoms with Crippen molar-refractivity contribution in [2.45, 2.75) is 12.8 Å². The third kappa shape index (κ3) is 3.88. The zero-order valence-corrected chi connectivity index (χ0v) is 10.6. The molecule has 0 atom stereocenters. The summed E-state index contributed by atoms with van der Waals surface area (Å²) in [4.78, 5) is 1.43. The molecule has 0 saturated heterocycles. The van der Waals surface area contributed by atoms with E-state index in [0.29, 0.717) is 13.2 Å². The summed E-state index contributed by atoms with van der Waals surface area (Å²) in [6.07, 6.45) is 2.15. The van der Waals surface area contributed by atoms with E-state index >= 15 is 0 Å². The highest BCUT2D eigenvalue weighted by Crippen LogP contribution is 2.17. The summed E-state index contributed by atoms with van der Waals surface area (Å²) in [6.45, 7) is 1.13. The van der Waals surface area contributed by atoms with Gasteiger partial charge in [-0.1, -0.05) is 18.2 Å². The van der Waals surface area contributed by atoms with Crippen molar-refractivity contribution in [3.63, 3.8) is 0 Å². The average molecular weight is 247 g/mol. The summed E-state index contributed by atoms with van der Waals surface area (Å²) in [6, 6.07) is 12.5. The van der Waals surface area contributed by atoms with Crippen molar-refractivity contribution in [2.24, 2.45) is 5.73 Å². The Morgan fingerprint density at radius 3 is 2.82 bits per heavy atom. The first-order valence-electron chi connectivity index (χ1n) is 5.82. The maximum Gasteiger partial charge on any atom is 0.119 e. The molecule has 0 bridgehead atoms. The zero-order chi connectivity index (χ0) is 11.9. The van der Waals surface area contributed by atoms with E-state index in [9.17, 15) is 0 Å². The molecular formula is C14H17NOS. The molecule has 1 heterocycles. The zero-order valence-electron chi connectivity index (χ0n) is 9.76. The number of ether oxygens (including phenoxy) is 1. The maximum atomic E-state index is 5.51. The first-order chi connectivity index (χ1) is 8.38. The second-order valence-electron chi connectivity index (χ2n) is 3.86. The van der Waals surface area contributed by atoms with Gasteiger partial charge in [0.1, 0.15) is 12.4 Å². The Labute approximate surface area is 106 Å². The second kappa shape index (κ2) is 6.42. The predicted molar refractivity (Wildman–Crippen MR) is 72.7 cm³/mol. The molecule has 0 saturated carbocycles. The summed E-state index contributed by atoms with van der Waals surface area (Å²) in [5.74, 6) is 0.916. The lowest BCUT2D eigenvalue weighted by Gasteiger charge is -2.06. The third-order valence-corrected chi connectivity index (χ3v) is 3.46. The second-order valence-corrected chi connectivity index (χ2v) is 4.90. The largest absolute Gasteiger partial charge is 0.492 e. The van der Waals surface area contributed by atoms with E-state index in [1.165, 1.54) is 10.4 Å². The quantitative estimate of drug-likeness (QED) is 0.852. The Kier molecular flexibility index (Phi) is 4.59. The maximum absolute atomic E-state index is 5.51. The summed E-state index contributed by atoms with van der Waals surface area (Å²) < 4.78 is 5.51. The molecule has 0 aliphatic carbocycles. The average Bonchev–Trinajstić information content (AvgIpc) is 2.87. The van der Waals surface area contributed by atoms with E-state index in [2.05, 4.69) is 29.6 Å². The van der Waals surface area contributed by atoms with Crippen LogP contribution in [0.4, 0.5) is 0 Å². The Hall–Kier alpha value is -1.32. The van der Waals surface area contributed by atoms with E-state index < -0.39 is 0 Å². The molecule has 0 aliphatic heterocycles. The van der Waals surface area contributed by atoms with E-state index in [1.54, 1.807) is 0 Å². The van der Waals surface area contributed by atoms with Gasteiger partial charge in [-0.15, -0.1) is 11.3 Å². The SMILES string of the molecule is NCCOc1cccc(CCc2cccs2)c1. The Morgan fingerprint density at radius 2 is 2.06 bits per heavy atom. The lowest BCUT2D eigenvalue weighted by Crippen LogP contribution is -2.10. The van der Waals surface area contributed by atoms with Crippen LogP contribution in [0.3, 0.4) is 0 Å². The van der Waals surface area contributed by atoms with Crippen LogP contribution < -0.4 is 10.5 Å². The van der Waals surface area contributed by atoms with Gasteiger partial charge in [0, 0.05) is 11.4 Å². The van der Waals surface area contributed by atoms with Crippen LogP contribution in [0.25, 0.3) is 0 Å². The minimum atomic E-state index is 0.555. The molecule has 17 heavy (non-hydrogen) atoms. The van der Waals surface area contributed by atoms with E-state index in [0.717, 1.165) is 18.6 Å². The molecular weight excluding hydrogens is 230 g/mol. The summed E-state index contributed by atoms with van der Waals surface area (Å²) >= 11 is 1.81. The van der Waals surface area contributed by atoms with Crippen LogP contribution in [0.15, 0.2) is 41.8 Å². The first-order valence-corrected chi connectivity index (χ1v) is 6.70. The van der Waals surface area contributed by atoms with Crippen LogP contribution in [-0.2, 0) is 12.8 Å². The van der Waals surface area contributed by atoms with E-state index in [1.807, 2.05) is 23.5 Å². The summed E-state index contributed by atoms with van der Waals surface area (Å²) in [5, 5.41) is 2.12. The van der Waals surface area contributed by atoms with Gasteiger partial charge in [-0.3, -0.25) is 0 Å². The number of thiophene rings is 1. The molecule has 3 heteroatoms. The number of aryl methyl sites for hydroxylation is 2. The Balaban J connectivity index is 1.91. The molecule has 2 aromatic rings. The van der Waals surface area contributed by atoms with Crippen molar-refractivity contribution in [2.75, 3.05) is 13.2 Å². The molecule has 2 N–H and O–H groups in total.